The van der Waals surface area contributed by atoms with Gasteiger partial charge >= 0.3 is 5.97 Å². The molecule has 2 aliphatic rings. The Bertz CT molecular complexity index is 1190. The number of piperidine rings is 1. The van der Waals surface area contributed by atoms with Crippen molar-refractivity contribution in [1.82, 2.24) is 9.80 Å². The first-order chi connectivity index (χ1) is 18.5. The number of likely N-dealkylation sites (tertiary alicyclic amines) is 1. The van der Waals surface area contributed by atoms with Crippen molar-refractivity contribution >= 4 is 35.1 Å². The van der Waals surface area contributed by atoms with Crippen molar-refractivity contribution in [1.29, 1.82) is 0 Å². The van der Waals surface area contributed by atoms with E-state index in [2.05, 4.69) is 36.8 Å². The summed E-state index contributed by atoms with van der Waals surface area (Å²) < 4.78 is 11.7. The summed E-state index contributed by atoms with van der Waals surface area (Å²) in [6.45, 7) is 8.22. The van der Waals surface area contributed by atoms with E-state index in [9.17, 15) is 9.59 Å². The van der Waals surface area contributed by atoms with Crippen LogP contribution in [0.25, 0.3) is 0 Å². The molecule has 0 N–H and O–H groups in total. The van der Waals surface area contributed by atoms with Gasteiger partial charge in [-0.2, -0.15) is 0 Å². The van der Waals surface area contributed by atoms with Crippen molar-refractivity contribution in [2.75, 3.05) is 33.8 Å². The Morgan fingerprint density at radius 2 is 1.92 bits per heavy atom. The number of rotatable bonds is 8. The van der Waals surface area contributed by atoms with Crippen molar-refractivity contribution in [2.45, 2.75) is 64.0 Å². The number of fused-ring (bicyclic) bond motifs is 1. The first-order valence-corrected chi connectivity index (χ1v) is 14.5. The van der Waals surface area contributed by atoms with Crippen LogP contribution in [-0.4, -0.2) is 67.6 Å². The normalized spacial score (nSPS) is 25.3. The van der Waals surface area contributed by atoms with Crippen molar-refractivity contribution in [3.8, 4) is 5.75 Å². The van der Waals surface area contributed by atoms with E-state index in [-0.39, 0.29) is 41.8 Å². The van der Waals surface area contributed by atoms with Gasteiger partial charge in [-0.15, -0.1) is 0 Å². The van der Waals surface area contributed by atoms with Gasteiger partial charge in [0.2, 0.25) is 5.91 Å². The highest BCUT2D eigenvalue weighted by molar-refractivity contribution is 6.42. The lowest BCUT2D eigenvalue weighted by Crippen LogP contribution is -2.61. The van der Waals surface area contributed by atoms with Crippen LogP contribution in [-0.2, 0) is 26.2 Å². The number of methoxy groups -OCH3 is 1. The van der Waals surface area contributed by atoms with Gasteiger partial charge in [0, 0.05) is 44.5 Å². The van der Waals surface area contributed by atoms with E-state index in [1.54, 1.807) is 19.2 Å². The second-order valence-corrected chi connectivity index (χ2v) is 12.4. The first kappa shape index (κ1) is 29.9. The van der Waals surface area contributed by atoms with Gasteiger partial charge in [-0.1, -0.05) is 55.2 Å². The van der Waals surface area contributed by atoms with E-state index in [1.807, 2.05) is 24.3 Å². The van der Waals surface area contributed by atoms with E-state index in [0.717, 1.165) is 43.5 Å². The van der Waals surface area contributed by atoms with Gasteiger partial charge < -0.3 is 19.3 Å². The summed E-state index contributed by atoms with van der Waals surface area (Å²) in [7, 11) is 3.94. The largest absolute Gasteiger partial charge is 0.427 e. The third kappa shape index (κ3) is 6.79. The third-order valence-electron chi connectivity index (χ3n) is 8.35. The molecule has 1 heterocycles. The minimum atomic E-state index is -0.336. The molecular weight excluding hydrogens is 535 g/mol. The average molecular weight is 576 g/mol. The summed E-state index contributed by atoms with van der Waals surface area (Å²) >= 11 is 12.4. The van der Waals surface area contributed by atoms with Crippen LogP contribution >= 0.6 is 23.2 Å². The molecule has 2 fully saturated rings. The van der Waals surface area contributed by atoms with Gasteiger partial charge in [0.1, 0.15) is 5.75 Å². The number of carbonyl (C=O) groups excluding carboxylic acids is 2. The minimum Gasteiger partial charge on any atom is -0.427 e. The molecule has 2 aromatic carbocycles. The fourth-order valence-electron chi connectivity index (χ4n) is 6.62. The van der Waals surface area contributed by atoms with Gasteiger partial charge in [-0.25, -0.2) is 0 Å². The monoisotopic (exact) mass is 574 g/mol. The zero-order valence-electron chi connectivity index (χ0n) is 23.6. The van der Waals surface area contributed by atoms with E-state index < -0.39 is 0 Å². The minimum absolute atomic E-state index is 0.00431. The smallest absolute Gasteiger partial charge is 0.308 e. The molecule has 39 heavy (non-hydrogen) atoms. The number of ether oxygens (including phenoxy) is 2. The van der Waals surface area contributed by atoms with Crippen LogP contribution in [0.1, 0.15) is 51.2 Å². The Labute approximate surface area is 242 Å². The maximum absolute atomic E-state index is 13.9. The molecule has 4 atom stereocenters. The summed E-state index contributed by atoms with van der Waals surface area (Å²) in [6, 6.07) is 13.3. The molecule has 1 amide bonds. The summed E-state index contributed by atoms with van der Waals surface area (Å²) in [4.78, 5) is 30.1. The van der Waals surface area contributed by atoms with Crippen molar-refractivity contribution < 1.29 is 19.1 Å². The number of amides is 1. The number of benzene rings is 2. The van der Waals surface area contributed by atoms with Crippen molar-refractivity contribution in [3.05, 3.63) is 63.6 Å². The van der Waals surface area contributed by atoms with Crippen molar-refractivity contribution in [2.24, 2.45) is 11.8 Å². The lowest BCUT2D eigenvalue weighted by Gasteiger charge is -2.56. The molecule has 6 nitrogen and oxygen atoms in total. The summed E-state index contributed by atoms with van der Waals surface area (Å²) in [5.41, 5.74) is 1.78. The molecule has 1 saturated carbocycles. The molecule has 1 unspecified atom stereocenters. The highest BCUT2D eigenvalue weighted by Gasteiger charge is 2.53. The van der Waals surface area contributed by atoms with Crippen LogP contribution in [0.15, 0.2) is 42.5 Å². The summed E-state index contributed by atoms with van der Waals surface area (Å²) in [5, 5.41) is 0.934. The number of nitrogens with zero attached hydrogens (tertiary/aromatic N) is 2. The topological polar surface area (TPSA) is 59.1 Å². The molecule has 2 aromatic rings. The van der Waals surface area contributed by atoms with Crippen molar-refractivity contribution in [3.63, 3.8) is 0 Å². The fraction of sp³-hybridized carbons (Fsp3) is 0.548. The molecule has 0 bridgehead atoms. The van der Waals surface area contributed by atoms with E-state index >= 15 is 0 Å². The van der Waals surface area contributed by atoms with E-state index in [1.165, 1.54) is 6.92 Å². The standard InChI is InChI=1S/C31H40Cl2N2O4/c1-20(2)18-35(30(37)14-22-9-10-27(32)28(33)13-22)24-16-29(38-5)26-19-34(4)12-11-31(26,17-24)23-7-6-8-25(15-23)39-21(3)36/h6-10,13,15,20,24,26,29H,11-12,14,16-19H2,1-5H3/t24-,26-,29?,31-/m0/s1. The van der Waals surface area contributed by atoms with Crippen LogP contribution in [0.3, 0.4) is 0 Å². The van der Waals surface area contributed by atoms with Gasteiger partial charge in [0.25, 0.3) is 0 Å². The van der Waals surface area contributed by atoms with Gasteiger partial charge in [0.05, 0.1) is 22.6 Å². The molecule has 1 aliphatic heterocycles. The Kier molecular flexibility index (Phi) is 9.64. The van der Waals surface area contributed by atoms with Gasteiger partial charge in [-0.05, 0) is 74.2 Å². The highest BCUT2D eigenvalue weighted by Crippen LogP contribution is 2.51. The number of carbonyl (C=O) groups is 2. The number of hydrogen-bond donors (Lipinski definition) is 0. The molecule has 212 valence electrons. The predicted molar refractivity (Wildman–Crippen MR) is 156 cm³/mol. The van der Waals surface area contributed by atoms with Gasteiger partial charge in [0.15, 0.2) is 0 Å². The fourth-order valence-corrected chi connectivity index (χ4v) is 6.94. The molecule has 0 spiro atoms. The number of halogens is 2. The second-order valence-electron chi connectivity index (χ2n) is 11.6. The Morgan fingerprint density at radius 1 is 1.15 bits per heavy atom. The van der Waals surface area contributed by atoms with Crippen LogP contribution < -0.4 is 4.74 Å². The number of hydrogen-bond acceptors (Lipinski definition) is 5. The Morgan fingerprint density at radius 3 is 2.59 bits per heavy atom. The Balaban J connectivity index is 1.72. The summed E-state index contributed by atoms with van der Waals surface area (Å²) in [5.74, 6) is 0.852. The summed E-state index contributed by atoms with van der Waals surface area (Å²) in [6.07, 6.45) is 2.79. The lowest BCUT2D eigenvalue weighted by molar-refractivity contribution is -0.140. The molecule has 0 radical (unpaired) electrons. The molecule has 0 aromatic heterocycles. The van der Waals surface area contributed by atoms with Gasteiger partial charge in [-0.3, -0.25) is 9.59 Å². The zero-order valence-corrected chi connectivity index (χ0v) is 25.1. The first-order valence-electron chi connectivity index (χ1n) is 13.8. The molecule has 1 saturated heterocycles. The Hall–Kier alpha value is -2.12. The molecule has 4 rings (SSSR count). The SMILES string of the molecule is COC1C[C@H](N(CC(C)C)C(=O)Cc2ccc(Cl)c(Cl)c2)C[C@]2(c3cccc(OC(C)=O)c3)CCN(C)C[C@@H]12. The third-order valence-corrected chi connectivity index (χ3v) is 9.09. The van der Waals surface area contributed by atoms with Crippen LogP contribution in [0.5, 0.6) is 5.75 Å². The highest BCUT2D eigenvalue weighted by atomic mass is 35.5. The van der Waals surface area contributed by atoms with E-state index in [4.69, 9.17) is 32.7 Å². The molecule has 1 aliphatic carbocycles. The zero-order chi connectivity index (χ0) is 28.3. The van der Waals surface area contributed by atoms with E-state index in [0.29, 0.717) is 28.3 Å². The average Bonchev–Trinajstić information content (AvgIpc) is 2.88. The maximum Gasteiger partial charge on any atom is 0.308 e. The quantitative estimate of drug-likeness (QED) is 0.285. The lowest BCUT2D eigenvalue weighted by atomic mass is 9.56. The maximum atomic E-state index is 13.9. The number of esters is 1. The van der Waals surface area contributed by atoms with Crippen LogP contribution in [0, 0.1) is 11.8 Å². The molecule has 8 heteroatoms. The molecular formula is C31H40Cl2N2O4. The van der Waals surface area contributed by atoms with Crippen LogP contribution in [0.2, 0.25) is 10.0 Å². The second kappa shape index (κ2) is 12.6. The van der Waals surface area contributed by atoms with Crippen LogP contribution in [0.4, 0.5) is 0 Å². The predicted octanol–water partition coefficient (Wildman–Crippen LogP) is 6.01.